The minimum absolute atomic E-state index is 0.222. The number of amides is 2. The summed E-state index contributed by atoms with van der Waals surface area (Å²) in [6.07, 6.45) is 1.38. The summed E-state index contributed by atoms with van der Waals surface area (Å²) in [5, 5.41) is 7.68. The largest absolute Gasteiger partial charge is 0.366 e. The second-order valence-corrected chi connectivity index (χ2v) is 10.6. The molecule has 2 amide bonds. The van der Waals surface area contributed by atoms with Gasteiger partial charge >= 0.3 is 0 Å². The van der Waals surface area contributed by atoms with Crippen molar-refractivity contribution in [1.82, 2.24) is 9.55 Å². The zero-order chi connectivity index (χ0) is 26.2. The zero-order valence-electron chi connectivity index (χ0n) is 19.9. The number of primary amides is 1. The van der Waals surface area contributed by atoms with Crippen LogP contribution in [0.3, 0.4) is 0 Å². The van der Waals surface area contributed by atoms with Crippen LogP contribution in [0, 0.1) is 0 Å². The lowest BCUT2D eigenvalue weighted by atomic mass is 10.0. The van der Waals surface area contributed by atoms with Crippen molar-refractivity contribution >= 4 is 60.5 Å². The van der Waals surface area contributed by atoms with Crippen molar-refractivity contribution in [2.75, 3.05) is 5.32 Å². The van der Waals surface area contributed by atoms with Gasteiger partial charge in [-0.25, -0.2) is 4.98 Å². The van der Waals surface area contributed by atoms with Crippen LogP contribution in [0.5, 0.6) is 0 Å². The van der Waals surface area contributed by atoms with Crippen LogP contribution in [0.2, 0.25) is 0 Å². The molecule has 0 unspecified atom stereocenters. The van der Waals surface area contributed by atoms with Gasteiger partial charge in [-0.2, -0.15) is 0 Å². The fraction of sp³-hybridized carbons (Fsp3) is 0.0345. The summed E-state index contributed by atoms with van der Waals surface area (Å²) in [4.78, 5) is 44.3. The molecule has 38 heavy (non-hydrogen) atoms. The van der Waals surface area contributed by atoms with E-state index in [-0.39, 0.29) is 17.7 Å². The van der Waals surface area contributed by atoms with Crippen LogP contribution in [0.4, 0.5) is 5.00 Å². The van der Waals surface area contributed by atoms with Crippen molar-refractivity contribution in [2.45, 2.75) is 6.54 Å². The fourth-order valence-electron chi connectivity index (χ4n) is 4.38. The zero-order valence-corrected chi connectivity index (χ0v) is 21.5. The van der Waals surface area contributed by atoms with E-state index in [0.29, 0.717) is 15.2 Å². The van der Waals surface area contributed by atoms with E-state index in [1.165, 1.54) is 33.6 Å². The highest BCUT2D eigenvalue weighted by Crippen LogP contribution is 2.35. The quantitative estimate of drug-likeness (QED) is 0.283. The van der Waals surface area contributed by atoms with Crippen LogP contribution in [-0.4, -0.2) is 21.4 Å². The molecule has 0 aliphatic rings. The second-order valence-electron chi connectivity index (χ2n) is 8.70. The molecule has 0 aliphatic carbocycles. The maximum absolute atomic E-state index is 13.5. The molecule has 0 spiro atoms. The Hall–Kier alpha value is -4.60. The van der Waals surface area contributed by atoms with Gasteiger partial charge < -0.3 is 11.1 Å². The Balaban J connectivity index is 1.31. The Morgan fingerprint density at radius 1 is 0.921 bits per heavy atom. The van der Waals surface area contributed by atoms with Gasteiger partial charge in [0.2, 0.25) is 5.91 Å². The van der Waals surface area contributed by atoms with Crippen LogP contribution >= 0.6 is 22.7 Å². The second kappa shape index (κ2) is 9.70. The topological polar surface area (TPSA) is 107 Å². The molecule has 0 atom stereocenters. The van der Waals surface area contributed by atoms with Gasteiger partial charge in [-0.3, -0.25) is 19.0 Å². The number of nitrogens with zero attached hydrogens (tertiary/aromatic N) is 2. The minimum atomic E-state index is -0.641. The number of thiophene rings is 2. The number of carbonyl (C=O) groups is 2. The lowest BCUT2D eigenvalue weighted by Crippen LogP contribution is -2.28. The van der Waals surface area contributed by atoms with Gasteiger partial charge in [0.1, 0.15) is 16.4 Å². The summed E-state index contributed by atoms with van der Waals surface area (Å²) >= 11 is 2.64. The highest BCUT2D eigenvalue weighted by molar-refractivity contribution is 7.20. The third kappa shape index (κ3) is 4.38. The predicted octanol–water partition coefficient (Wildman–Crippen LogP) is 5.74. The molecule has 0 saturated heterocycles. The molecular formula is C29H20N4O3S2. The molecule has 3 heterocycles. The summed E-state index contributed by atoms with van der Waals surface area (Å²) < 4.78 is 1.28. The third-order valence-electron chi connectivity index (χ3n) is 6.24. The van der Waals surface area contributed by atoms with Crippen LogP contribution in [0.25, 0.3) is 42.6 Å². The number of hydrogen-bond donors (Lipinski definition) is 2. The first kappa shape index (κ1) is 23.8. The number of hydrogen-bond acceptors (Lipinski definition) is 6. The van der Waals surface area contributed by atoms with Gasteiger partial charge in [-0.15, -0.1) is 22.7 Å². The van der Waals surface area contributed by atoms with E-state index in [9.17, 15) is 14.4 Å². The number of aromatic nitrogens is 2. The molecule has 0 saturated carbocycles. The highest BCUT2D eigenvalue weighted by atomic mass is 32.1. The summed E-state index contributed by atoms with van der Waals surface area (Å²) in [6, 6.07) is 25.3. The number of nitrogens with two attached hydrogens (primary N) is 1. The summed E-state index contributed by atoms with van der Waals surface area (Å²) in [5.74, 6) is -1.10. The van der Waals surface area contributed by atoms with Crippen molar-refractivity contribution < 1.29 is 9.59 Å². The van der Waals surface area contributed by atoms with Crippen molar-refractivity contribution in [3.05, 3.63) is 106 Å². The number of nitrogens with one attached hydrogen (secondary N) is 1. The van der Waals surface area contributed by atoms with E-state index >= 15 is 0 Å². The summed E-state index contributed by atoms with van der Waals surface area (Å²) in [6.45, 7) is -0.258. The SMILES string of the molecule is NC(=O)c1cc(-c2ccccc2)sc1NC(=O)Cn1cnc2scc(-c3ccc4ccccc4c3)c2c1=O. The molecule has 0 radical (unpaired) electrons. The van der Waals surface area contributed by atoms with Crippen molar-refractivity contribution in [2.24, 2.45) is 5.73 Å². The number of anilines is 1. The van der Waals surface area contributed by atoms with E-state index in [1.807, 2.05) is 78.2 Å². The summed E-state index contributed by atoms with van der Waals surface area (Å²) in [5.41, 5.74) is 8.09. The molecule has 6 aromatic rings. The third-order valence-corrected chi connectivity index (χ3v) is 8.23. The predicted molar refractivity (Wildman–Crippen MR) is 154 cm³/mol. The molecular weight excluding hydrogens is 516 g/mol. The lowest BCUT2D eigenvalue weighted by molar-refractivity contribution is -0.116. The number of fused-ring (bicyclic) bond motifs is 2. The summed E-state index contributed by atoms with van der Waals surface area (Å²) in [7, 11) is 0. The normalized spacial score (nSPS) is 11.2. The van der Waals surface area contributed by atoms with E-state index in [0.717, 1.165) is 32.3 Å². The highest BCUT2D eigenvalue weighted by Gasteiger charge is 2.19. The van der Waals surface area contributed by atoms with Crippen molar-refractivity contribution in [1.29, 1.82) is 0 Å². The van der Waals surface area contributed by atoms with Crippen LogP contribution in [0.15, 0.2) is 95.4 Å². The Labute approximate surface area is 224 Å². The maximum atomic E-state index is 13.5. The molecule has 7 nitrogen and oxygen atoms in total. The molecule has 0 bridgehead atoms. The average molecular weight is 537 g/mol. The van der Waals surface area contributed by atoms with Gasteiger partial charge in [0.15, 0.2) is 0 Å². The van der Waals surface area contributed by atoms with E-state index in [1.54, 1.807) is 6.07 Å². The standard InChI is InChI=1S/C29H20N4O3S2/c30-26(35)21-13-23(18-7-2-1-3-8-18)38-27(21)32-24(34)14-33-16-31-28-25(29(33)36)22(15-37-28)20-11-10-17-6-4-5-9-19(17)12-20/h1-13,15-16H,14H2,(H2,30,35)(H,32,34). The molecule has 0 aliphatic heterocycles. The minimum Gasteiger partial charge on any atom is -0.366 e. The Morgan fingerprint density at radius 3 is 2.47 bits per heavy atom. The monoisotopic (exact) mass is 536 g/mol. The van der Waals surface area contributed by atoms with E-state index in [4.69, 9.17) is 5.73 Å². The van der Waals surface area contributed by atoms with E-state index < -0.39 is 11.8 Å². The molecule has 3 aromatic carbocycles. The average Bonchev–Trinajstić information content (AvgIpc) is 3.56. The molecule has 6 rings (SSSR count). The van der Waals surface area contributed by atoms with Crippen LogP contribution in [0.1, 0.15) is 10.4 Å². The van der Waals surface area contributed by atoms with Gasteiger partial charge in [-0.1, -0.05) is 66.7 Å². The molecule has 3 aromatic heterocycles. The van der Waals surface area contributed by atoms with Crippen molar-refractivity contribution in [3.8, 4) is 21.6 Å². The first-order valence-corrected chi connectivity index (χ1v) is 13.4. The van der Waals surface area contributed by atoms with Gasteiger partial charge in [-0.05, 0) is 34.0 Å². The first-order chi connectivity index (χ1) is 18.5. The number of rotatable bonds is 6. The molecule has 9 heteroatoms. The van der Waals surface area contributed by atoms with Crippen LogP contribution < -0.4 is 16.6 Å². The van der Waals surface area contributed by atoms with Crippen molar-refractivity contribution in [3.63, 3.8) is 0 Å². The Bertz CT molecular complexity index is 1900. The lowest BCUT2D eigenvalue weighted by Gasteiger charge is -2.08. The number of benzene rings is 3. The Kier molecular flexibility index (Phi) is 6.07. The molecule has 186 valence electrons. The molecule has 3 N–H and O–H groups in total. The van der Waals surface area contributed by atoms with E-state index in [2.05, 4.69) is 10.3 Å². The van der Waals surface area contributed by atoms with Crippen LogP contribution in [-0.2, 0) is 11.3 Å². The number of carbonyl (C=O) groups excluding carboxylic acids is 2. The first-order valence-electron chi connectivity index (χ1n) is 11.7. The van der Waals surface area contributed by atoms with Gasteiger partial charge in [0, 0.05) is 15.8 Å². The fourth-order valence-corrected chi connectivity index (χ4v) is 6.37. The van der Waals surface area contributed by atoms with Gasteiger partial charge in [0.05, 0.1) is 17.3 Å². The van der Waals surface area contributed by atoms with Gasteiger partial charge in [0.25, 0.3) is 11.5 Å². The Morgan fingerprint density at radius 2 is 1.68 bits per heavy atom. The smallest absolute Gasteiger partial charge is 0.263 e. The molecule has 0 fully saturated rings. The maximum Gasteiger partial charge on any atom is 0.263 e.